The molecule has 5 N–H and O–H groups in total. The Morgan fingerprint density at radius 2 is 1.25 bits per heavy atom. The van der Waals surface area contributed by atoms with Crippen molar-refractivity contribution in [3.05, 3.63) is 0 Å². The van der Waals surface area contributed by atoms with E-state index in [-0.39, 0.29) is 6.04 Å². The highest BCUT2D eigenvalue weighted by molar-refractivity contribution is 4.62. The zero-order chi connectivity index (χ0) is 14.9. The zero-order valence-electron chi connectivity index (χ0n) is 13.8. The first-order valence-corrected chi connectivity index (χ1v) is 8.97. The third-order valence-electron chi connectivity index (χ3n) is 3.94. The number of unbranched alkanes of at least 4 members (excludes halogenated alkanes) is 9. The van der Waals surface area contributed by atoms with E-state index in [0.717, 1.165) is 25.9 Å². The van der Waals surface area contributed by atoms with Crippen LogP contribution in [-0.2, 0) is 0 Å². The minimum Gasteiger partial charge on any atom is -0.329 e. The summed E-state index contributed by atoms with van der Waals surface area (Å²) >= 11 is 0. The summed E-state index contributed by atoms with van der Waals surface area (Å²) in [5, 5.41) is 3.49. The smallest absolute Gasteiger partial charge is 0.0163 e. The van der Waals surface area contributed by atoms with E-state index in [0.29, 0.717) is 6.54 Å². The van der Waals surface area contributed by atoms with Gasteiger partial charge in [0.2, 0.25) is 0 Å². The lowest BCUT2D eigenvalue weighted by atomic mass is 10.1. The van der Waals surface area contributed by atoms with Crippen LogP contribution in [0.15, 0.2) is 0 Å². The largest absolute Gasteiger partial charge is 0.329 e. The predicted octanol–water partition coefficient (Wildman–Crippen LogP) is 3.56. The molecule has 0 heterocycles. The van der Waals surface area contributed by atoms with Gasteiger partial charge in [0.1, 0.15) is 0 Å². The van der Waals surface area contributed by atoms with E-state index in [9.17, 15) is 0 Å². The topological polar surface area (TPSA) is 64.1 Å². The average molecular weight is 286 g/mol. The van der Waals surface area contributed by atoms with E-state index in [2.05, 4.69) is 12.2 Å². The molecule has 0 radical (unpaired) electrons. The Hall–Kier alpha value is -0.120. The molecule has 0 rings (SSSR count). The first kappa shape index (κ1) is 19.9. The van der Waals surface area contributed by atoms with Crippen molar-refractivity contribution in [1.29, 1.82) is 0 Å². The summed E-state index contributed by atoms with van der Waals surface area (Å²) in [4.78, 5) is 0. The van der Waals surface area contributed by atoms with Crippen molar-refractivity contribution in [1.82, 2.24) is 5.32 Å². The van der Waals surface area contributed by atoms with Gasteiger partial charge in [0, 0.05) is 12.6 Å². The van der Waals surface area contributed by atoms with Crippen LogP contribution in [0.3, 0.4) is 0 Å². The van der Waals surface area contributed by atoms with Crippen LogP contribution in [-0.4, -0.2) is 25.7 Å². The Balaban J connectivity index is 2.96. The third-order valence-corrected chi connectivity index (χ3v) is 3.94. The molecule has 1 unspecified atom stereocenters. The Kier molecular flexibility index (Phi) is 16.8. The lowest BCUT2D eigenvalue weighted by Crippen LogP contribution is -2.30. The molecule has 122 valence electrons. The van der Waals surface area contributed by atoms with Gasteiger partial charge in [-0.05, 0) is 32.4 Å². The molecule has 0 aliphatic heterocycles. The van der Waals surface area contributed by atoms with Gasteiger partial charge in [0.25, 0.3) is 0 Å². The third kappa shape index (κ3) is 15.9. The molecular weight excluding hydrogens is 246 g/mol. The summed E-state index contributed by atoms with van der Waals surface area (Å²) < 4.78 is 0. The maximum Gasteiger partial charge on any atom is 0.0163 e. The van der Waals surface area contributed by atoms with Gasteiger partial charge >= 0.3 is 0 Å². The normalized spacial score (nSPS) is 12.8. The van der Waals surface area contributed by atoms with Crippen LogP contribution in [0.1, 0.15) is 84.0 Å². The lowest BCUT2D eigenvalue weighted by Gasteiger charge is -2.08. The number of nitrogens with two attached hydrogens (primary N) is 2. The molecule has 0 spiro atoms. The molecule has 1 atom stereocenters. The standard InChI is InChI=1S/C17H39N3/c1-2-3-4-5-6-7-8-9-10-11-14-20-15-12-13-17(19)16-18/h17,20H,2-16,18-19H2,1H3. The second kappa shape index (κ2) is 16.9. The minimum atomic E-state index is 0.189. The lowest BCUT2D eigenvalue weighted by molar-refractivity contribution is 0.525. The molecule has 20 heavy (non-hydrogen) atoms. The van der Waals surface area contributed by atoms with Gasteiger partial charge in [-0.15, -0.1) is 0 Å². The molecule has 0 aliphatic carbocycles. The number of hydrogen-bond donors (Lipinski definition) is 3. The summed E-state index contributed by atoms with van der Waals surface area (Å²) in [7, 11) is 0. The van der Waals surface area contributed by atoms with Gasteiger partial charge in [0.15, 0.2) is 0 Å². The molecule has 3 heteroatoms. The van der Waals surface area contributed by atoms with E-state index in [4.69, 9.17) is 11.5 Å². The van der Waals surface area contributed by atoms with Crippen molar-refractivity contribution in [2.24, 2.45) is 11.5 Å². The summed E-state index contributed by atoms with van der Waals surface area (Å²) in [6.45, 7) is 5.14. The fraction of sp³-hybridized carbons (Fsp3) is 1.00. The maximum atomic E-state index is 5.77. The fourth-order valence-corrected chi connectivity index (χ4v) is 2.47. The molecule has 0 saturated carbocycles. The van der Waals surface area contributed by atoms with Gasteiger partial charge in [-0.1, -0.05) is 64.7 Å². The van der Waals surface area contributed by atoms with E-state index < -0.39 is 0 Å². The van der Waals surface area contributed by atoms with Gasteiger partial charge in [0.05, 0.1) is 0 Å². The van der Waals surface area contributed by atoms with E-state index in [1.165, 1.54) is 64.2 Å². The number of hydrogen-bond acceptors (Lipinski definition) is 3. The summed E-state index contributed by atoms with van der Waals surface area (Å²) in [6.07, 6.45) is 16.3. The molecule has 0 fully saturated rings. The highest BCUT2D eigenvalue weighted by atomic mass is 14.8. The Labute approximate surface area is 127 Å². The minimum absolute atomic E-state index is 0.189. The molecule has 0 saturated heterocycles. The van der Waals surface area contributed by atoms with E-state index in [1.807, 2.05) is 0 Å². The van der Waals surface area contributed by atoms with Crippen molar-refractivity contribution < 1.29 is 0 Å². The highest BCUT2D eigenvalue weighted by Crippen LogP contribution is 2.10. The zero-order valence-corrected chi connectivity index (χ0v) is 13.8. The summed E-state index contributed by atoms with van der Waals surface area (Å²) in [5.74, 6) is 0. The van der Waals surface area contributed by atoms with E-state index >= 15 is 0 Å². The van der Waals surface area contributed by atoms with Gasteiger partial charge in [-0.3, -0.25) is 0 Å². The monoisotopic (exact) mass is 285 g/mol. The van der Waals surface area contributed by atoms with Crippen LogP contribution in [0.5, 0.6) is 0 Å². The highest BCUT2D eigenvalue weighted by Gasteiger charge is 1.98. The van der Waals surface area contributed by atoms with Gasteiger partial charge < -0.3 is 16.8 Å². The number of nitrogens with one attached hydrogen (secondary N) is 1. The molecule has 0 aliphatic rings. The Morgan fingerprint density at radius 3 is 1.80 bits per heavy atom. The van der Waals surface area contributed by atoms with E-state index in [1.54, 1.807) is 0 Å². The molecule has 0 bridgehead atoms. The number of rotatable bonds is 16. The summed E-state index contributed by atoms with van der Waals surface area (Å²) in [5.41, 5.74) is 11.2. The van der Waals surface area contributed by atoms with Gasteiger partial charge in [-0.25, -0.2) is 0 Å². The first-order valence-electron chi connectivity index (χ1n) is 8.97. The molecule has 0 aromatic rings. The van der Waals surface area contributed by atoms with Crippen LogP contribution in [0.2, 0.25) is 0 Å². The van der Waals surface area contributed by atoms with Crippen LogP contribution in [0.25, 0.3) is 0 Å². The molecule has 0 aromatic heterocycles. The summed E-state index contributed by atoms with van der Waals surface area (Å²) in [6, 6.07) is 0.189. The van der Waals surface area contributed by atoms with Crippen molar-refractivity contribution in [2.45, 2.75) is 90.0 Å². The first-order chi connectivity index (χ1) is 9.81. The molecule has 3 nitrogen and oxygen atoms in total. The quantitative estimate of drug-likeness (QED) is 0.380. The van der Waals surface area contributed by atoms with Crippen molar-refractivity contribution >= 4 is 0 Å². The average Bonchev–Trinajstić information content (AvgIpc) is 2.47. The Morgan fingerprint density at radius 1 is 0.750 bits per heavy atom. The SMILES string of the molecule is CCCCCCCCCCCCNCCCC(N)CN. The fourth-order valence-electron chi connectivity index (χ4n) is 2.47. The van der Waals surface area contributed by atoms with Crippen LogP contribution in [0, 0.1) is 0 Å². The van der Waals surface area contributed by atoms with Crippen molar-refractivity contribution in [3.8, 4) is 0 Å². The van der Waals surface area contributed by atoms with Gasteiger partial charge in [-0.2, -0.15) is 0 Å². The molecular formula is C17H39N3. The van der Waals surface area contributed by atoms with Crippen LogP contribution < -0.4 is 16.8 Å². The van der Waals surface area contributed by atoms with Crippen molar-refractivity contribution in [3.63, 3.8) is 0 Å². The Bertz CT molecular complexity index is 174. The molecule has 0 amide bonds. The second-order valence-electron chi connectivity index (χ2n) is 6.07. The van der Waals surface area contributed by atoms with Crippen LogP contribution >= 0.6 is 0 Å². The van der Waals surface area contributed by atoms with Crippen LogP contribution in [0.4, 0.5) is 0 Å². The predicted molar refractivity (Wildman–Crippen MR) is 91.0 cm³/mol. The maximum absolute atomic E-state index is 5.77. The molecule has 0 aromatic carbocycles. The van der Waals surface area contributed by atoms with Crippen molar-refractivity contribution in [2.75, 3.05) is 19.6 Å². The second-order valence-corrected chi connectivity index (χ2v) is 6.07.